The Morgan fingerprint density at radius 3 is 2.72 bits per heavy atom. The Balaban J connectivity index is 1.96. The summed E-state index contributed by atoms with van der Waals surface area (Å²) in [6, 6.07) is 5.32. The van der Waals surface area contributed by atoms with Crippen LogP contribution in [0.2, 0.25) is 0 Å². The summed E-state index contributed by atoms with van der Waals surface area (Å²) in [5.74, 6) is -0.240. The smallest absolute Gasteiger partial charge is 0.341 e. The van der Waals surface area contributed by atoms with Crippen LogP contribution in [0.4, 0.5) is 5.69 Å². The number of ether oxygens (including phenoxy) is 2. The summed E-state index contributed by atoms with van der Waals surface area (Å²) in [6.07, 6.45) is -0.631. The first kappa shape index (κ1) is 12.5. The van der Waals surface area contributed by atoms with Crippen LogP contribution >= 0.6 is 0 Å². The monoisotopic (exact) mass is 252 g/mol. The molecule has 1 unspecified atom stereocenters. The third-order valence-electron chi connectivity index (χ3n) is 2.46. The number of hydrogen-bond acceptors (Lipinski definition) is 6. The minimum Gasteiger partial charge on any atom is -0.425 e. The Kier molecular flexibility index (Phi) is 3.85. The SMILES string of the molecule is O=C(Oc1ccc([N+](=O)[O-])cc1)C1CNCCO1. The number of rotatable bonds is 3. The molecule has 1 aromatic carbocycles. The second-order valence-electron chi connectivity index (χ2n) is 3.74. The summed E-state index contributed by atoms with van der Waals surface area (Å²) in [4.78, 5) is 21.6. The summed E-state index contributed by atoms with van der Waals surface area (Å²) < 4.78 is 10.3. The Labute approximate surface area is 103 Å². The number of benzene rings is 1. The van der Waals surface area contributed by atoms with Gasteiger partial charge >= 0.3 is 5.97 Å². The molecule has 0 aromatic heterocycles. The molecule has 1 aliphatic heterocycles. The molecule has 2 rings (SSSR count). The van der Waals surface area contributed by atoms with Crippen molar-refractivity contribution in [2.45, 2.75) is 6.10 Å². The molecule has 1 atom stereocenters. The van der Waals surface area contributed by atoms with Gasteiger partial charge in [0.2, 0.25) is 0 Å². The highest BCUT2D eigenvalue weighted by molar-refractivity contribution is 5.77. The zero-order valence-corrected chi connectivity index (χ0v) is 9.50. The van der Waals surface area contributed by atoms with Crippen molar-refractivity contribution in [3.8, 4) is 5.75 Å². The van der Waals surface area contributed by atoms with Crippen molar-refractivity contribution in [2.24, 2.45) is 0 Å². The van der Waals surface area contributed by atoms with Crippen molar-refractivity contribution in [2.75, 3.05) is 19.7 Å². The number of hydrogen-bond donors (Lipinski definition) is 1. The maximum absolute atomic E-state index is 11.7. The van der Waals surface area contributed by atoms with E-state index in [-0.39, 0.29) is 11.4 Å². The van der Waals surface area contributed by atoms with Crippen LogP contribution in [0.25, 0.3) is 0 Å². The van der Waals surface area contributed by atoms with Crippen molar-refractivity contribution in [1.29, 1.82) is 0 Å². The molecule has 0 bridgehead atoms. The normalized spacial score (nSPS) is 19.2. The van der Waals surface area contributed by atoms with E-state index >= 15 is 0 Å². The lowest BCUT2D eigenvalue weighted by Gasteiger charge is -2.21. The molecule has 0 spiro atoms. The van der Waals surface area contributed by atoms with E-state index in [1.165, 1.54) is 24.3 Å². The first-order valence-electron chi connectivity index (χ1n) is 5.45. The van der Waals surface area contributed by atoms with Gasteiger partial charge in [-0.25, -0.2) is 4.79 Å². The molecule has 7 heteroatoms. The fraction of sp³-hybridized carbons (Fsp3) is 0.364. The molecule has 0 saturated carbocycles. The van der Waals surface area contributed by atoms with Crippen LogP contribution in [0.1, 0.15) is 0 Å². The van der Waals surface area contributed by atoms with E-state index in [0.717, 1.165) is 0 Å². The van der Waals surface area contributed by atoms with Crippen LogP contribution in [0.3, 0.4) is 0 Å². The first-order valence-corrected chi connectivity index (χ1v) is 5.45. The van der Waals surface area contributed by atoms with Gasteiger partial charge in [0.25, 0.3) is 5.69 Å². The summed E-state index contributed by atoms with van der Waals surface area (Å²) in [5, 5.41) is 13.5. The third kappa shape index (κ3) is 3.02. The number of non-ortho nitro benzene ring substituents is 1. The zero-order chi connectivity index (χ0) is 13.0. The standard InChI is InChI=1S/C11H12N2O5/c14-11(10-7-12-5-6-17-10)18-9-3-1-8(2-4-9)13(15)16/h1-4,10,12H,5-7H2. The number of morpholine rings is 1. The van der Waals surface area contributed by atoms with Crippen LogP contribution in [-0.2, 0) is 9.53 Å². The number of nitrogens with zero attached hydrogens (tertiary/aromatic N) is 1. The summed E-state index contributed by atoms with van der Waals surface area (Å²) >= 11 is 0. The Morgan fingerprint density at radius 1 is 1.44 bits per heavy atom. The summed E-state index contributed by atoms with van der Waals surface area (Å²) in [5.41, 5.74) is -0.0506. The van der Waals surface area contributed by atoms with Gasteiger partial charge in [0.05, 0.1) is 11.5 Å². The highest BCUT2D eigenvalue weighted by Crippen LogP contribution is 2.18. The molecule has 1 heterocycles. The second kappa shape index (κ2) is 5.56. The molecule has 1 saturated heterocycles. The average molecular weight is 252 g/mol. The molecule has 0 radical (unpaired) electrons. The molecule has 18 heavy (non-hydrogen) atoms. The molecule has 1 aromatic rings. The van der Waals surface area contributed by atoms with E-state index in [4.69, 9.17) is 9.47 Å². The lowest BCUT2D eigenvalue weighted by Crippen LogP contribution is -2.44. The van der Waals surface area contributed by atoms with Crippen molar-refractivity contribution in [3.05, 3.63) is 34.4 Å². The van der Waals surface area contributed by atoms with Gasteiger partial charge in [-0.15, -0.1) is 0 Å². The van der Waals surface area contributed by atoms with E-state index in [9.17, 15) is 14.9 Å². The number of esters is 1. The lowest BCUT2D eigenvalue weighted by molar-refractivity contribution is -0.384. The molecule has 96 valence electrons. The van der Waals surface area contributed by atoms with Crippen LogP contribution in [0.5, 0.6) is 5.75 Å². The van der Waals surface area contributed by atoms with Gasteiger partial charge in [-0.3, -0.25) is 10.1 Å². The van der Waals surface area contributed by atoms with Gasteiger partial charge in [0.1, 0.15) is 5.75 Å². The van der Waals surface area contributed by atoms with Gasteiger partial charge in [0, 0.05) is 25.2 Å². The zero-order valence-electron chi connectivity index (χ0n) is 9.50. The number of nitrogens with one attached hydrogen (secondary N) is 1. The molecule has 1 aliphatic rings. The first-order chi connectivity index (χ1) is 8.66. The number of carbonyl (C=O) groups is 1. The summed E-state index contributed by atoms with van der Waals surface area (Å²) in [6.45, 7) is 1.58. The number of nitro groups is 1. The molecular formula is C11H12N2O5. The second-order valence-corrected chi connectivity index (χ2v) is 3.74. The van der Waals surface area contributed by atoms with E-state index in [2.05, 4.69) is 5.32 Å². The van der Waals surface area contributed by atoms with E-state index in [1.54, 1.807) is 0 Å². The van der Waals surface area contributed by atoms with Crippen LogP contribution in [0.15, 0.2) is 24.3 Å². The Bertz CT molecular complexity index is 439. The lowest BCUT2D eigenvalue weighted by atomic mass is 10.3. The molecule has 1 fully saturated rings. The predicted molar refractivity (Wildman–Crippen MR) is 61.3 cm³/mol. The van der Waals surface area contributed by atoms with Gasteiger partial charge in [-0.05, 0) is 12.1 Å². The van der Waals surface area contributed by atoms with Crippen LogP contribution < -0.4 is 10.1 Å². The summed E-state index contributed by atoms with van der Waals surface area (Å²) in [7, 11) is 0. The molecule has 0 aliphatic carbocycles. The van der Waals surface area contributed by atoms with Gasteiger partial charge in [-0.1, -0.05) is 0 Å². The van der Waals surface area contributed by atoms with Crippen LogP contribution in [-0.4, -0.2) is 36.7 Å². The maximum atomic E-state index is 11.7. The van der Waals surface area contributed by atoms with Crippen LogP contribution in [0, 0.1) is 10.1 Å². The van der Waals surface area contributed by atoms with Gasteiger partial charge in [0.15, 0.2) is 6.10 Å². The minimum atomic E-state index is -0.631. The van der Waals surface area contributed by atoms with E-state index in [1.807, 2.05) is 0 Å². The average Bonchev–Trinajstić information content (AvgIpc) is 2.40. The molecule has 0 amide bonds. The molecule has 7 nitrogen and oxygen atoms in total. The number of nitro benzene ring substituents is 1. The molecular weight excluding hydrogens is 240 g/mol. The topological polar surface area (TPSA) is 90.7 Å². The highest BCUT2D eigenvalue weighted by Gasteiger charge is 2.23. The van der Waals surface area contributed by atoms with Gasteiger partial charge < -0.3 is 14.8 Å². The van der Waals surface area contributed by atoms with Crippen molar-refractivity contribution in [1.82, 2.24) is 5.32 Å². The Hall–Kier alpha value is -1.99. The number of carbonyl (C=O) groups excluding carboxylic acids is 1. The quantitative estimate of drug-likeness (QED) is 0.364. The molecule has 1 N–H and O–H groups in total. The van der Waals surface area contributed by atoms with E-state index in [0.29, 0.717) is 19.7 Å². The largest absolute Gasteiger partial charge is 0.425 e. The van der Waals surface area contributed by atoms with Gasteiger partial charge in [-0.2, -0.15) is 0 Å². The maximum Gasteiger partial charge on any atom is 0.341 e. The van der Waals surface area contributed by atoms with Crippen molar-refractivity contribution >= 4 is 11.7 Å². The highest BCUT2D eigenvalue weighted by atomic mass is 16.6. The predicted octanol–water partition coefficient (Wildman–Crippen LogP) is 0.489. The van der Waals surface area contributed by atoms with Crippen molar-refractivity contribution < 1.29 is 19.2 Å². The van der Waals surface area contributed by atoms with E-state index < -0.39 is 17.0 Å². The fourth-order valence-electron chi connectivity index (χ4n) is 1.53. The fourth-order valence-corrected chi connectivity index (χ4v) is 1.53. The third-order valence-corrected chi connectivity index (χ3v) is 2.46. The van der Waals surface area contributed by atoms with Crippen molar-refractivity contribution in [3.63, 3.8) is 0 Å². The Morgan fingerprint density at radius 2 is 2.17 bits per heavy atom. The minimum absolute atomic E-state index is 0.0506.